The predicted octanol–water partition coefficient (Wildman–Crippen LogP) is 4.30. The van der Waals surface area contributed by atoms with Crippen LogP contribution in [0.1, 0.15) is 46.0 Å². The zero-order valence-electron chi connectivity index (χ0n) is 20.7. The van der Waals surface area contributed by atoms with Crippen LogP contribution in [-0.4, -0.2) is 49.2 Å². The van der Waals surface area contributed by atoms with E-state index in [0.29, 0.717) is 17.9 Å². The quantitative estimate of drug-likeness (QED) is 0.599. The lowest BCUT2D eigenvalue weighted by atomic mass is 9.46. The maximum Gasteiger partial charge on any atom is 0.178 e. The van der Waals surface area contributed by atoms with Crippen molar-refractivity contribution in [1.82, 2.24) is 9.97 Å². The van der Waals surface area contributed by atoms with Crippen molar-refractivity contribution < 1.29 is 19.8 Å². The van der Waals surface area contributed by atoms with Gasteiger partial charge >= 0.3 is 0 Å². The lowest BCUT2D eigenvalue weighted by molar-refractivity contribution is -0.174. The molecule has 7 heteroatoms. The summed E-state index contributed by atoms with van der Waals surface area (Å²) < 4.78 is 0. The minimum absolute atomic E-state index is 0.0142. The minimum Gasteiger partial charge on any atom is -0.393 e. The van der Waals surface area contributed by atoms with E-state index in [0.717, 1.165) is 35.9 Å². The van der Waals surface area contributed by atoms with Crippen LogP contribution in [0, 0.1) is 28.6 Å². The van der Waals surface area contributed by atoms with Crippen LogP contribution in [-0.2, 0) is 9.59 Å². The number of aromatic nitrogens is 2. The fourth-order valence-corrected chi connectivity index (χ4v) is 8.87. The van der Waals surface area contributed by atoms with Gasteiger partial charge in [0.25, 0.3) is 0 Å². The lowest BCUT2D eigenvalue weighted by Gasteiger charge is -2.59. The van der Waals surface area contributed by atoms with E-state index >= 15 is 0 Å². The first-order valence-corrected chi connectivity index (χ1v) is 13.9. The van der Waals surface area contributed by atoms with Crippen molar-refractivity contribution >= 4 is 34.4 Å². The Hall–Kier alpha value is -2.35. The fourth-order valence-electron chi connectivity index (χ4n) is 8.06. The molecule has 2 aromatic rings. The molecule has 36 heavy (non-hydrogen) atoms. The van der Waals surface area contributed by atoms with Gasteiger partial charge in [-0.15, -0.1) is 0 Å². The standard InChI is InChI=1S/C29H32N2O4S/c1-27-11-9-18(32)13-17(27)7-8-19-20-10-12-29(35,28(20,2)14-23(33)26(19)27)24(34)16-36-25-15-30-21-5-3-4-6-22(21)31-25/h3-6,9,11,13,15,19-20,23,26,33,35H,7-8,10,12,14,16H2,1-2H3/t19?,20?,23-,26?,27?,28?,29-/m0/s1. The van der Waals surface area contributed by atoms with E-state index < -0.39 is 17.1 Å². The summed E-state index contributed by atoms with van der Waals surface area (Å²) in [6.45, 7) is 4.15. The van der Waals surface area contributed by atoms with Crippen LogP contribution in [0.15, 0.2) is 59.3 Å². The molecule has 0 amide bonds. The highest BCUT2D eigenvalue weighted by molar-refractivity contribution is 7.99. The number of aliphatic hydroxyl groups is 2. The van der Waals surface area contributed by atoms with E-state index in [4.69, 9.17) is 0 Å². The molecule has 6 nitrogen and oxygen atoms in total. The molecule has 188 valence electrons. The Bertz CT molecular complexity index is 1320. The van der Waals surface area contributed by atoms with Crippen molar-refractivity contribution in [3.8, 4) is 0 Å². The number of ketones is 2. The molecule has 0 bridgehead atoms. The van der Waals surface area contributed by atoms with Crippen molar-refractivity contribution in [2.24, 2.45) is 28.6 Å². The van der Waals surface area contributed by atoms with Gasteiger partial charge in [-0.1, -0.05) is 49.4 Å². The summed E-state index contributed by atoms with van der Waals surface area (Å²) in [6.07, 6.45) is 9.64. The van der Waals surface area contributed by atoms with Crippen LogP contribution >= 0.6 is 11.8 Å². The Balaban J connectivity index is 1.24. The molecule has 5 unspecified atom stereocenters. The van der Waals surface area contributed by atoms with Crippen LogP contribution in [0.25, 0.3) is 11.0 Å². The highest BCUT2D eigenvalue weighted by atomic mass is 32.2. The number of fused-ring (bicyclic) bond motifs is 6. The van der Waals surface area contributed by atoms with Gasteiger partial charge in [0.1, 0.15) is 10.6 Å². The van der Waals surface area contributed by atoms with Gasteiger partial charge in [-0.3, -0.25) is 14.6 Å². The highest BCUT2D eigenvalue weighted by Crippen LogP contribution is 2.67. The van der Waals surface area contributed by atoms with Crippen LogP contribution < -0.4 is 0 Å². The Kier molecular flexibility index (Phi) is 5.56. The van der Waals surface area contributed by atoms with Crippen LogP contribution in [0.5, 0.6) is 0 Å². The molecule has 3 fully saturated rings. The Morgan fingerprint density at radius 1 is 1.19 bits per heavy atom. The van der Waals surface area contributed by atoms with Crippen molar-refractivity contribution in [3.63, 3.8) is 0 Å². The largest absolute Gasteiger partial charge is 0.393 e. The molecule has 3 saturated carbocycles. The third kappa shape index (κ3) is 3.39. The van der Waals surface area contributed by atoms with Gasteiger partial charge < -0.3 is 10.2 Å². The number of thioether (sulfide) groups is 1. The van der Waals surface area contributed by atoms with E-state index in [1.165, 1.54) is 11.8 Å². The highest BCUT2D eigenvalue weighted by Gasteiger charge is 2.67. The molecule has 1 aromatic carbocycles. The first kappa shape index (κ1) is 24.0. The van der Waals surface area contributed by atoms with E-state index in [1.807, 2.05) is 37.3 Å². The zero-order valence-corrected chi connectivity index (χ0v) is 21.5. The number of hydrogen-bond acceptors (Lipinski definition) is 7. The second kappa shape index (κ2) is 8.33. The number of hydrogen-bond donors (Lipinski definition) is 2. The molecule has 0 radical (unpaired) electrons. The molecule has 1 heterocycles. The van der Waals surface area contributed by atoms with Gasteiger partial charge in [0.05, 0.1) is 29.1 Å². The Labute approximate surface area is 215 Å². The van der Waals surface area contributed by atoms with E-state index in [1.54, 1.807) is 18.3 Å². The van der Waals surface area contributed by atoms with Crippen LogP contribution in [0.3, 0.4) is 0 Å². The normalized spacial score (nSPS) is 39.3. The third-order valence-electron chi connectivity index (χ3n) is 9.89. The number of para-hydroxylation sites is 2. The third-order valence-corrected chi connectivity index (χ3v) is 10.8. The first-order valence-electron chi connectivity index (χ1n) is 12.9. The minimum atomic E-state index is -1.48. The number of carbonyl (C=O) groups excluding carboxylic acids is 2. The number of Topliss-reactive ketones (excluding diaryl/α,β-unsaturated/α-hetero) is 1. The maximum atomic E-state index is 13.6. The average molecular weight is 505 g/mol. The molecular weight excluding hydrogens is 472 g/mol. The summed E-state index contributed by atoms with van der Waals surface area (Å²) in [5, 5.41) is 24.1. The molecular formula is C29H32N2O4S. The summed E-state index contributed by atoms with van der Waals surface area (Å²) >= 11 is 1.31. The first-order chi connectivity index (χ1) is 17.2. The monoisotopic (exact) mass is 504 g/mol. The summed E-state index contributed by atoms with van der Waals surface area (Å²) in [4.78, 5) is 34.7. The van der Waals surface area contributed by atoms with Crippen molar-refractivity contribution in [2.45, 2.75) is 62.7 Å². The summed E-state index contributed by atoms with van der Waals surface area (Å²) in [7, 11) is 0. The summed E-state index contributed by atoms with van der Waals surface area (Å²) in [6, 6.07) is 7.62. The number of allylic oxidation sites excluding steroid dienone is 4. The topological polar surface area (TPSA) is 100 Å². The maximum absolute atomic E-state index is 13.6. The molecule has 4 aliphatic carbocycles. The smallest absolute Gasteiger partial charge is 0.178 e. The molecule has 0 spiro atoms. The molecule has 1 aromatic heterocycles. The van der Waals surface area contributed by atoms with Gasteiger partial charge in [0, 0.05) is 16.7 Å². The number of nitrogens with zero attached hydrogens (tertiary/aromatic N) is 2. The predicted molar refractivity (Wildman–Crippen MR) is 138 cm³/mol. The van der Waals surface area contributed by atoms with Crippen molar-refractivity contribution in [2.75, 3.05) is 5.75 Å². The molecule has 4 aliphatic rings. The Morgan fingerprint density at radius 3 is 2.78 bits per heavy atom. The summed E-state index contributed by atoms with van der Waals surface area (Å²) in [5.41, 5.74) is 0.173. The molecule has 6 rings (SSSR count). The van der Waals surface area contributed by atoms with E-state index in [2.05, 4.69) is 16.9 Å². The van der Waals surface area contributed by atoms with E-state index in [-0.39, 0.29) is 40.5 Å². The lowest BCUT2D eigenvalue weighted by Crippen LogP contribution is -2.61. The Morgan fingerprint density at radius 2 is 1.97 bits per heavy atom. The molecule has 0 aliphatic heterocycles. The second-order valence-electron chi connectivity index (χ2n) is 11.5. The van der Waals surface area contributed by atoms with Gasteiger partial charge in [-0.25, -0.2) is 4.98 Å². The fraction of sp³-hybridized carbons (Fsp3) is 0.517. The number of benzene rings is 1. The van der Waals surface area contributed by atoms with Gasteiger partial charge in [0.2, 0.25) is 0 Å². The number of rotatable bonds is 4. The zero-order chi connectivity index (χ0) is 25.3. The van der Waals surface area contributed by atoms with Crippen LogP contribution in [0.2, 0.25) is 0 Å². The second-order valence-corrected chi connectivity index (χ2v) is 12.5. The number of aliphatic hydroxyl groups excluding tert-OH is 1. The van der Waals surface area contributed by atoms with Crippen molar-refractivity contribution in [1.29, 1.82) is 0 Å². The van der Waals surface area contributed by atoms with E-state index in [9.17, 15) is 19.8 Å². The number of carbonyl (C=O) groups is 2. The van der Waals surface area contributed by atoms with Crippen molar-refractivity contribution in [3.05, 3.63) is 54.3 Å². The SMILES string of the molecule is CC12C=CC(=O)C=C1CCC1C2[C@@H](O)CC2(C)C1CC[C@]2(O)C(=O)CSc1cnc2ccccc2n1. The van der Waals surface area contributed by atoms with Gasteiger partial charge in [-0.2, -0.15) is 0 Å². The molecule has 2 N–H and O–H groups in total. The molecule has 0 saturated heterocycles. The average Bonchev–Trinajstić information content (AvgIpc) is 3.13. The molecule has 7 atom stereocenters. The van der Waals surface area contributed by atoms with Gasteiger partial charge in [0.15, 0.2) is 11.6 Å². The summed E-state index contributed by atoms with van der Waals surface area (Å²) in [5.74, 6) is 0.272. The van der Waals surface area contributed by atoms with Gasteiger partial charge in [-0.05, 0) is 68.2 Å². The van der Waals surface area contributed by atoms with Crippen LogP contribution in [0.4, 0.5) is 0 Å².